The molecule has 0 atom stereocenters. The van der Waals surface area contributed by atoms with Crippen LogP contribution in [-0.2, 0) is 19.7 Å². The molecular formula is C9H18N2O5S. The van der Waals surface area contributed by atoms with Gasteiger partial charge in [-0.05, 0) is 12.8 Å². The van der Waals surface area contributed by atoms with Crippen LogP contribution in [0.25, 0.3) is 0 Å². The average molecular weight is 266 g/mol. The van der Waals surface area contributed by atoms with E-state index in [1.54, 1.807) is 0 Å². The lowest BCUT2D eigenvalue weighted by Crippen LogP contribution is -2.46. The van der Waals surface area contributed by atoms with Crippen molar-refractivity contribution in [2.75, 3.05) is 33.4 Å². The van der Waals surface area contributed by atoms with Gasteiger partial charge in [-0.15, -0.1) is 0 Å². The summed E-state index contributed by atoms with van der Waals surface area (Å²) in [6.07, 6.45) is 0.723. The SMILES string of the molecule is COCCNS(=O)(=O)N1CCC(C(=O)O)CC1. The van der Waals surface area contributed by atoms with Gasteiger partial charge in [-0.3, -0.25) is 4.79 Å². The quantitative estimate of drug-likeness (QED) is 0.618. The second-order valence-corrected chi connectivity index (χ2v) is 5.66. The van der Waals surface area contributed by atoms with Gasteiger partial charge in [-0.25, -0.2) is 0 Å². The van der Waals surface area contributed by atoms with Crippen LogP contribution in [0.2, 0.25) is 0 Å². The molecule has 0 aromatic carbocycles. The van der Waals surface area contributed by atoms with Gasteiger partial charge >= 0.3 is 5.97 Å². The topological polar surface area (TPSA) is 95.9 Å². The van der Waals surface area contributed by atoms with E-state index in [9.17, 15) is 13.2 Å². The molecule has 8 heteroatoms. The molecule has 0 aromatic rings. The summed E-state index contributed by atoms with van der Waals surface area (Å²) < 4.78 is 31.9. The summed E-state index contributed by atoms with van der Waals surface area (Å²) in [5.41, 5.74) is 0. The van der Waals surface area contributed by atoms with Gasteiger partial charge in [0, 0.05) is 26.7 Å². The Bertz CT molecular complexity index is 348. The van der Waals surface area contributed by atoms with Crippen LogP contribution in [0.1, 0.15) is 12.8 Å². The van der Waals surface area contributed by atoms with Gasteiger partial charge < -0.3 is 9.84 Å². The Morgan fingerprint density at radius 3 is 2.53 bits per heavy atom. The summed E-state index contributed by atoms with van der Waals surface area (Å²) in [4.78, 5) is 10.7. The minimum atomic E-state index is -3.49. The maximum absolute atomic E-state index is 11.7. The molecule has 1 aliphatic heterocycles. The van der Waals surface area contributed by atoms with Gasteiger partial charge in [-0.1, -0.05) is 0 Å². The minimum Gasteiger partial charge on any atom is -0.481 e. The number of methoxy groups -OCH3 is 1. The fraction of sp³-hybridized carbons (Fsp3) is 0.889. The summed E-state index contributed by atoms with van der Waals surface area (Å²) in [5, 5.41) is 8.80. The molecule has 0 bridgehead atoms. The molecule has 0 radical (unpaired) electrons. The molecule has 0 saturated carbocycles. The Labute approximate surface area is 101 Å². The van der Waals surface area contributed by atoms with Crippen molar-refractivity contribution >= 4 is 16.2 Å². The van der Waals surface area contributed by atoms with E-state index in [1.165, 1.54) is 11.4 Å². The average Bonchev–Trinajstić information content (AvgIpc) is 2.29. The highest BCUT2D eigenvalue weighted by atomic mass is 32.2. The van der Waals surface area contributed by atoms with Crippen molar-refractivity contribution in [2.24, 2.45) is 5.92 Å². The second kappa shape index (κ2) is 6.29. The molecule has 0 spiro atoms. The zero-order valence-electron chi connectivity index (χ0n) is 9.76. The van der Waals surface area contributed by atoms with E-state index in [1.807, 2.05) is 0 Å². The van der Waals surface area contributed by atoms with Crippen molar-refractivity contribution in [3.8, 4) is 0 Å². The number of carbonyl (C=O) groups is 1. The number of piperidine rings is 1. The van der Waals surface area contributed by atoms with Crippen LogP contribution in [0.5, 0.6) is 0 Å². The number of aliphatic carboxylic acids is 1. The largest absolute Gasteiger partial charge is 0.481 e. The number of hydrogen-bond donors (Lipinski definition) is 2. The third-order valence-corrected chi connectivity index (χ3v) is 4.35. The van der Waals surface area contributed by atoms with Gasteiger partial charge in [-0.2, -0.15) is 17.4 Å². The predicted molar refractivity (Wildman–Crippen MR) is 60.7 cm³/mol. The van der Waals surface area contributed by atoms with Crippen molar-refractivity contribution in [1.82, 2.24) is 9.03 Å². The number of carboxylic acids is 1. The van der Waals surface area contributed by atoms with E-state index in [2.05, 4.69) is 4.72 Å². The minimum absolute atomic E-state index is 0.220. The molecule has 0 aromatic heterocycles. The Balaban J connectivity index is 2.44. The Kier molecular flexibility index (Phi) is 5.31. The fourth-order valence-electron chi connectivity index (χ4n) is 1.71. The molecule has 1 saturated heterocycles. The van der Waals surface area contributed by atoms with E-state index < -0.39 is 22.1 Å². The number of ether oxygens (including phenoxy) is 1. The first kappa shape index (κ1) is 14.4. The lowest BCUT2D eigenvalue weighted by atomic mass is 9.99. The smallest absolute Gasteiger partial charge is 0.306 e. The number of hydrogen-bond acceptors (Lipinski definition) is 4. The number of nitrogens with one attached hydrogen (secondary N) is 1. The van der Waals surface area contributed by atoms with Crippen molar-refractivity contribution < 1.29 is 23.1 Å². The van der Waals surface area contributed by atoms with E-state index in [-0.39, 0.29) is 19.6 Å². The fourth-order valence-corrected chi connectivity index (χ4v) is 2.92. The van der Waals surface area contributed by atoms with Crippen LogP contribution >= 0.6 is 0 Å². The second-order valence-electron chi connectivity index (χ2n) is 3.90. The lowest BCUT2D eigenvalue weighted by Gasteiger charge is -2.29. The summed E-state index contributed by atoms with van der Waals surface area (Å²) in [6, 6.07) is 0. The maximum Gasteiger partial charge on any atom is 0.306 e. The first-order valence-electron chi connectivity index (χ1n) is 5.44. The molecule has 100 valence electrons. The summed E-state index contributed by atoms with van der Waals surface area (Å²) in [6.45, 7) is 1.03. The number of nitrogens with zero attached hydrogens (tertiary/aromatic N) is 1. The van der Waals surface area contributed by atoms with Gasteiger partial charge in [0.2, 0.25) is 0 Å². The van der Waals surface area contributed by atoms with Gasteiger partial charge in [0.15, 0.2) is 0 Å². The van der Waals surface area contributed by atoms with Crippen LogP contribution < -0.4 is 4.72 Å². The molecule has 1 fully saturated rings. The summed E-state index contributed by atoms with van der Waals surface area (Å²) in [5.74, 6) is -1.28. The third kappa shape index (κ3) is 4.23. The van der Waals surface area contributed by atoms with Crippen molar-refractivity contribution in [3.63, 3.8) is 0 Å². The predicted octanol–water partition coefficient (Wildman–Crippen LogP) is -0.736. The number of carboxylic acid groups (broad SMARTS) is 1. The van der Waals surface area contributed by atoms with Crippen LogP contribution in [0.4, 0.5) is 0 Å². The van der Waals surface area contributed by atoms with E-state index >= 15 is 0 Å². The van der Waals surface area contributed by atoms with Gasteiger partial charge in [0.05, 0.1) is 12.5 Å². The van der Waals surface area contributed by atoms with E-state index in [0.29, 0.717) is 19.4 Å². The maximum atomic E-state index is 11.7. The Morgan fingerprint density at radius 2 is 2.06 bits per heavy atom. The molecule has 0 amide bonds. The molecule has 0 unspecified atom stereocenters. The summed E-state index contributed by atoms with van der Waals surface area (Å²) >= 11 is 0. The molecule has 0 aliphatic carbocycles. The zero-order chi connectivity index (χ0) is 12.9. The molecule has 2 N–H and O–H groups in total. The van der Waals surface area contributed by atoms with E-state index in [0.717, 1.165) is 0 Å². The first-order chi connectivity index (χ1) is 7.97. The molecule has 1 rings (SSSR count). The van der Waals surface area contributed by atoms with Crippen molar-refractivity contribution in [2.45, 2.75) is 12.8 Å². The van der Waals surface area contributed by atoms with Crippen LogP contribution in [0.15, 0.2) is 0 Å². The van der Waals surface area contributed by atoms with Gasteiger partial charge in [0.1, 0.15) is 0 Å². The number of rotatable bonds is 6. The van der Waals surface area contributed by atoms with Crippen LogP contribution in [-0.4, -0.2) is 57.1 Å². The highest BCUT2D eigenvalue weighted by molar-refractivity contribution is 7.87. The Morgan fingerprint density at radius 1 is 1.47 bits per heavy atom. The lowest BCUT2D eigenvalue weighted by molar-refractivity contribution is -0.142. The standard InChI is InChI=1S/C9H18N2O5S/c1-16-7-4-10-17(14,15)11-5-2-8(3-6-11)9(12)13/h8,10H,2-7H2,1H3,(H,12,13). The first-order valence-corrected chi connectivity index (χ1v) is 6.88. The Hall–Kier alpha value is -0.700. The molecule has 17 heavy (non-hydrogen) atoms. The van der Waals surface area contributed by atoms with Gasteiger partial charge in [0.25, 0.3) is 10.2 Å². The van der Waals surface area contributed by atoms with Crippen molar-refractivity contribution in [3.05, 3.63) is 0 Å². The molecule has 7 nitrogen and oxygen atoms in total. The normalized spacial score (nSPS) is 19.4. The van der Waals surface area contributed by atoms with E-state index in [4.69, 9.17) is 9.84 Å². The summed E-state index contributed by atoms with van der Waals surface area (Å²) in [7, 11) is -2.00. The van der Waals surface area contributed by atoms with Crippen molar-refractivity contribution in [1.29, 1.82) is 0 Å². The highest BCUT2D eigenvalue weighted by Crippen LogP contribution is 2.18. The molecule has 1 heterocycles. The molecular weight excluding hydrogens is 248 g/mol. The zero-order valence-corrected chi connectivity index (χ0v) is 10.6. The van der Waals surface area contributed by atoms with Crippen LogP contribution in [0, 0.1) is 5.92 Å². The monoisotopic (exact) mass is 266 g/mol. The molecule has 1 aliphatic rings. The highest BCUT2D eigenvalue weighted by Gasteiger charge is 2.30. The van der Waals surface area contributed by atoms with Crippen LogP contribution in [0.3, 0.4) is 0 Å². The third-order valence-electron chi connectivity index (χ3n) is 2.73.